The predicted molar refractivity (Wildman–Crippen MR) is 76.9 cm³/mol. The normalized spacial score (nSPS) is 24.9. The van der Waals surface area contributed by atoms with E-state index in [1.165, 1.54) is 5.56 Å². The summed E-state index contributed by atoms with van der Waals surface area (Å²) in [7, 11) is 2.09. The van der Waals surface area contributed by atoms with Crippen LogP contribution in [0, 0.1) is 0 Å². The van der Waals surface area contributed by atoms with Gasteiger partial charge in [0.25, 0.3) is 0 Å². The molecule has 2 heterocycles. The fourth-order valence-corrected chi connectivity index (χ4v) is 3.00. The van der Waals surface area contributed by atoms with Crippen LogP contribution >= 0.6 is 0 Å². The van der Waals surface area contributed by atoms with Crippen molar-refractivity contribution in [2.24, 2.45) is 0 Å². The summed E-state index contributed by atoms with van der Waals surface area (Å²) in [6, 6.07) is 10.4. The standard InChI is InChI=1S/C16H19N3O2/c1-19-9-10-20-13(11-19)14-17-15(21-18-14)16(7-8-16)12-5-3-2-4-6-12/h2-6,13H,7-11H2,1H3/t13-/m1/s1. The first-order chi connectivity index (χ1) is 10.3. The molecule has 0 N–H and O–H groups in total. The van der Waals surface area contributed by atoms with Crippen molar-refractivity contribution in [1.82, 2.24) is 15.0 Å². The number of hydrogen-bond donors (Lipinski definition) is 0. The molecule has 5 heteroatoms. The second-order valence-electron chi connectivity index (χ2n) is 6.03. The maximum Gasteiger partial charge on any atom is 0.237 e. The first-order valence-electron chi connectivity index (χ1n) is 7.48. The number of aromatic nitrogens is 2. The van der Waals surface area contributed by atoms with E-state index in [1.807, 2.05) is 6.07 Å². The SMILES string of the molecule is CN1CCO[C@@H](c2noc(C3(c4ccccc4)CC3)n2)C1. The molecule has 1 saturated heterocycles. The van der Waals surface area contributed by atoms with Crippen molar-refractivity contribution in [1.29, 1.82) is 0 Å². The lowest BCUT2D eigenvalue weighted by atomic mass is 9.96. The van der Waals surface area contributed by atoms with E-state index in [4.69, 9.17) is 9.26 Å². The highest BCUT2D eigenvalue weighted by Gasteiger charge is 2.51. The Morgan fingerprint density at radius 1 is 1.24 bits per heavy atom. The van der Waals surface area contributed by atoms with Crippen molar-refractivity contribution >= 4 is 0 Å². The molecule has 0 radical (unpaired) electrons. The summed E-state index contributed by atoms with van der Waals surface area (Å²) in [5.74, 6) is 1.42. The third-order valence-corrected chi connectivity index (χ3v) is 4.49. The highest BCUT2D eigenvalue weighted by molar-refractivity contribution is 5.38. The summed E-state index contributed by atoms with van der Waals surface area (Å²) in [6.07, 6.45) is 2.07. The number of nitrogens with zero attached hydrogens (tertiary/aromatic N) is 3. The Bertz CT molecular complexity index is 621. The third-order valence-electron chi connectivity index (χ3n) is 4.49. The number of morpholine rings is 1. The Morgan fingerprint density at radius 3 is 2.76 bits per heavy atom. The average molecular weight is 285 g/mol. The Balaban J connectivity index is 1.60. The van der Waals surface area contributed by atoms with Gasteiger partial charge in [-0.15, -0.1) is 0 Å². The van der Waals surface area contributed by atoms with Gasteiger partial charge in [-0.05, 0) is 25.5 Å². The summed E-state index contributed by atoms with van der Waals surface area (Å²) in [5.41, 5.74) is 1.20. The van der Waals surface area contributed by atoms with Crippen LogP contribution in [0.3, 0.4) is 0 Å². The van der Waals surface area contributed by atoms with Crippen LogP contribution in [-0.2, 0) is 10.2 Å². The minimum atomic E-state index is -0.0761. The molecular weight excluding hydrogens is 266 g/mol. The van der Waals surface area contributed by atoms with Crippen LogP contribution in [0.4, 0.5) is 0 Å². The smallest absolute Gasteiger partial charge is 0.237 e. The second-order valence-corrected chi connectivity index (χ2v) is 6.03. The quantitative estimate of drug-likeness (QED) is 0.865. The van der Waals surface area contributed by atoms with Crippen LogP contribution < -0.4 is 0 Å². The van der Waals surface area contributed by atoms with Gasteiger partial charge in [0.05, 0.1) is 12.0 Å². The van der Waals surface area contributed by atoms with Crippen molar-refractivity contribution in [3.05, 3.63) is 47.6 Å². The number of rotatable bonds is 3. The van der Waals surface area contributed by atoms with E-state index in [0.29, 0.717) is 5.82 Å². The molecule has 0 bridgehead atoms. The molecule has 4 rings (SSSR count). The summed E-state index contributed by atoms with van der Waals surface area (Å²) in [4.78, 5) is 6.88. The molecule has 1 saturated carbocycles. The molecule has 2 fully saturated rings. The maximum absolute atomic E-state index is 5.76. The van der Waals surface area contributed by atoms with Gasteiger partial charge in [0.1, 0.15) is 6.10 Å². The second kappa shape index (κ2) is 4.93. The minimum Gasteiger partial charge on any atom is -0.367 e. The zero-order valence-corrected chi connectivity index (χ0v) is 12.2. The van der Waals surface area contributed by atoms with E-state index in [2.05, 4.69) is 46.4 Å². The van der Waals surface area contributed by atoms with Gasteiger partial charge >= 0.3 is 0 Å². The van der Waals surface area contributed by atoms with E-state index in [-0.39, 0.29) is 11.5 Å². The lowest BCUT2D eigenvalue weighted by Crippen LogP contribution is -2.35. The topological polar surface area (TPSA) is 51.4 Å². The van der Waals surface area contributed by atoms with Crippen molar-refractivity contribution in [3.63, 3.8) is 0 Å². The molecule has 0 amide bonds. The van der Waals surface area contributed by atoms with Gasteiger partial charge < -0.3 is 14.2 Å². The largest absolute Gasteiger partial charge is 0.367 e. The molecule has 110 valence electrons. The van der Waals surface area contributed by atoms with Crippen LogP contribution in [-0.4, -0.2) is 41.8 Å². The lowest BCUT2D eigenvalue weighted by Gasteiger charge is -2.27. The van der Waals surface area contributed by atoms with E-state index in [1.54, 1.807) is 0 Å². The lowest BCUT2D eigenvalue weighted by molar-refractivity contribution is -0.0264. The van der Waals surface area contributed by atoms with E-state index in [0.717, 1.165) is 38.4 Å². The fraction of sp³-hybridized carbons (Fsp3) is 0.500. The average Bonchev–Trinajstić information content (AvgIpc) is 3.18. The fourth-order valence-electron chi connectivity index (χ4n) is 3.00. The summed E-state index contributed by atoms with van der Waals surface area (Å²) >= 11 is 0. The number of ether oxygens (including phenoxy) is 1. The van der Waals surface area contributed by atoms with Crippen molar-refractivity contribution in [2.75, 3.05) is 26.7 Å². The number of hydrogen-bond acceptors (Lipinski definition) is 5. The monoisotopic (exact) mass is 285 g/mol. The van der Waals surface area contributed by atoms with Crippen LogP contribution in [0.5, 0.6) is 0 Å². The number of likely N-dealkylation sites (N-methyl/N-ethyl adjacent to an activating group) is 1. The van der Waals surface area contributed by atoms with Gasteiger partial charge in [0, 0.05) is 13.1 Å². The Labute approximate surface area is 123 Å². The molecule has 1 aliphatic carbocycles. The van der Waals surface area contributed by atoms with Crippen molar-refractivity contribution in [3.8, 4) is 0 Å². The molecule has 1 aromatic heterocycles. The van der Waals surface area contributed by atoms with E-state index < -0.39 is 0 Å². The van der Waals surface area contributed by atoms with Crippen LogP contribution in [0.15, 0.2) is 34.9 Å². The Kier molecular flexibility index (Phi) is 3.05. The summed E-state index contributed by atoms with van der Waals surface area (Å²) in [5, 5.41) is 4.17. The molecular formula is C16H19N3O2. The molecule has 1 aliphatic heterocycles. The van der Waals surface area contributed by atoms with E-state index >= 15 is 0 Å². The van der Waals surface area contributed by atoms with Crippen molar-refractivity contribution in [2.45, 2.75) is 24.4 Å². The molecule has 1 atom stereocenters. The molecule has 1 aromatic carbocycles. The van der Waals surface area contributed by atoms with Crippen LogP contribution in [0.1, 0.15) is 36.2 Å². The van der Waals surface area contributed by atoms with Crippen LogP contribution in [0.2, 0.25) is 0 Å². The molecule has 0 unspecified atom stereocenters. The number of benzene rings is 1. The molecule has 5 nitrogen and oxygen atoms in total. The maximum atomic E-state index is 5.76. The minimum absolute atomic E-state index is 0.0624. The van der Waals surface area contributed by atoms with Crippen LogP contribution in [0.25, 0.3) is 0 Å². The van der Waals surface area contributed by atoms with Crippen molar-refractivity contribution < 1.29 is 9.26 Å². The zero-order valence-electron chi connectivity index (χ0n) is 12.2. The highest BCUT2D eigenvalue weighted by atomic mass is 16.5. The zero-order chi connectivity index (χ0) is 14.3. The predicted octanol–water partition coefficient (Wildman–Crippen LogP) is 2.15. The Hall–Kier alpha value is -1.72. The van der Waals surface area contributed by atoms with Gasteiger partial charge in [-0.25, -0.2) is 0 Å². The summed E-state index contributed by atoms with van der Waals surface area (Å²) in [6.45, 7) is 2.49. The first kappa shape index (κ1) is 13.0. The Morgan fingerprint density at radius 2 is 2.05 bits per heavy atom. The molecule has 2 aliphatic rings. The molecule has 2 aromatic rings. The molecule has 0 spiro atoms. The third kappa shape index (κ3) is 2.26. The van der Waals surface area contributed by atoms with Gasteiger partial charge in [0.2, 0.25) is 11.7 Å². The van der Waals surface area contributed by atoms with E-state index in [9.17, 15) is 0 Å². The summed E-state index contributed by atoms with van der Waals surface area (Å²) < 4.78 is 11.3. The first-order valence-corrected chi connectivity index (χ1v) is 7.48. The highest BCUT2D eigenvalue weighted by Crippen LogP contribution is 2.52. The van der Waals surface area contributed by atoms with Gasteiger partial charge in [-0.2, -0.15) is 4.98 Å². The van der Waals surface area contributed by atoms with Gasteiger partial charge in [-0.1, -0.05) is 35.5 Å². The molecule has 21 heavy (non-hydrogen) atoms. The van der Waals surface area contributed by atoms with Gasteiger partial charge in [0.15, 0.2) is 0 Å². The van der Waals surface area contributed by atoms with Gasteiger partial charge in [-0.3, -0.25) is 0 Å².